The van der Waals surface area contributed by atoms with Crippen LogP contribution in [0.3, 0.4) is 0 Å². The molecule has 3 rings (SSSR count). The quantitative estimate of drug-likeness (QED) is 0.753. The fourth-order valence-electron chi connectivity index (χ4n) is 3.11. The van der Waals surface area contributed by atoms with Gasteiger partial charge in [-0.3, -0.25) is 0 Å². The second-order valence-corrected chi connectivity index (χ2v) is 5.59. The molecule has 1 aromatic heterocycles. The Morgan fingerprint density at radius 3 is 3.05 bits per heavy atom. The Balaban J connectivity index is 1.77. The van der Waals surface area contributed by atoms with Gasteiger partial charge in [-0.05, 0) is 24.5 Å². The first kappa shape index (κ1) is 14.7. The van der Waals surface area contributed by atoms with Gasteiger partial charge < -0.3 is 20.8 Å². The molecule has 1 aliphatic rings. The van der Waals surface area contributed by atoms with Crippen LogP contribution in [0.4, 0.5) is 0 Å². The molecule has 0 radical (unpaired) electrons. The van der Waals surface area contributed by atoms with Gasteiger partial charge in [0, 0.05) is 41.8 Å². The molecule has 1 aliphatic heterocycles. The number of hydrogen-bond acceptors (Lipinski definition) is 4. The summed E-state index contributed by atoms with van der Waals surface area (Å²) in [4.78, 5) is 15.2. The average molecular weight is 299 g/mol. The maximum Gasteiger partial charge on any atom is 0.337 e. The second kappa shape index (κ2) is 6.23. The summed E-state index contributed by atoms with van der Waals surface area (Å²) in [5.41, 5.74) is 9.65. The van der Waals surface area contributed by atoms with Crippen molar-refractivity contribution in [3.63, 3.8) is 0 Å². The molecule has 0 fully saturated rings. The number of para-hydroxylation sites is 1. The number of ether oxygens (including phenoxy) is 1. The highest BCUT2D eigenvalue weighted by Crippen LogP contribution is 2.23. The van der Waals surface area contributed by atoms with Crippen LogP contribution in [0.2, 0.25) is 0 Å². The Labute approximate surface area is 129 Å². The van der Waals surface area contributed by atoms with Gasteiger partial charge in [0.1, 0.15) is 0 Å². The zero-order valence-electron chi connectivity index (χ0n) is 12.7. The third-order valence-electron chi connectivity index (χ3n) is 4.26. The van der Waals surface area contributed by atoms with Gasteiger partial charge >= 0.3 is 5.97 Å². The number of methoxy groups -OCH3 is 1. The van der Waals surface area contributed by atoms with Gasteiger partial charge in [0.2, 0.25) is 0 Å². The molecule has 22 heavy (non-hydrogen) atoms. The van der Waals surface area contributed by atoms with Crippen LogP contribution in [0.15, 0.2) is 41.7 Å². The molecular formula is C17H21N3O2. The van der Waals surface area contributed by atoms with E-state index in [2.05, 4.69) is 22.4 Å². The maximum absolute atomic E-state index is 12.0. The van der Waals surface area contributed by atoms with E-state index in [1.807, 2.05) is 18.3 Å². The first-order chi connectivity index (χ1) is 10.7. The van der Waals surface area contributed by atoms with Crippen LogP contribution in [0.5, 0.6) is 0 Å². The molecule has 4 N–H and O–H groups in total. The molecule has 0 spiro atoms. The summed E-state index contributed by atoms with van der Waals surface area (Å²) in [7, 11) is 1.40. The summed E-state index contributed by atoms with van der Waals surface area (Å²) in [6, 6.07) is 8.19. The number of H-pyrrole nitrogens is 1. The molecule has 116 valence electrons. The van der Waals surface area contributed by atoms with Gasteiger partial charge in [-0.15, -0.1) is 0 Å². The number of nitrogens with one attached hydrogen (secondary N) is 2. The zero-order chi connectivity index (χ0) is 15.5. The van der Waals surface area contributed by atoms with E-state index in [0.717, 1.165) is 24.9 Å². The van der Waals surface area contributed by atoms with Gasteiger partial charge in [-0.1, -0.05) is 18.2 Å². The van der Waals surface area contributed by atoms with Crippen molar-refractivity contribution in [3.05, 3.63) is 47.3 Å². The number of aromatic nitrogens is 1. The third-order valence-corrected chi connectivity index (χ3v) is 4.26. The highest BCUT2D eigenvalue weighted by Gasteiger charge is 2.27. The Hall–Kier alpha value is -2.27. The van der Waals surface area contributed by atoms with E-state index in [0.29, 0.717) is 17.7 Å². The lowest BCUT2D eigenvalue weighted by atomic mass is 9.93. The van der Waals surface area contributed by atoms with Crippen LogP contribution in [0.1, 0.15) is 18.4 Å². The Morgan fingerprint density at radius 1 is 1.41 bits per heavy atom. The first-order valence-corrected chi connectivity index (χ1v) is 7.56. The van der Waals surface area contributed by atoms with Crippen molar-refractivity contribution in [2.45, 2.75) is 25.3 Å². The van der Waals surface area contributed by atoms with Crippen molar-refractivity contribution < 1.29 is 9.53 Å². The Kier molecular flexibility index (Phi) is 4.15. The minimum absolute atomic E-state index is 0.0464. The summed E-state index contributed by atoms with van der Waals surface area (Å²) in [6.45, 7) is 0.797. The van der Waals surface area contributed by atoms with Crippen molar-refractivity contribution in [2.24, 2.45) is 5.73 Å². The smallest absolute Gasteiger partial charge is 0.337 e. The topological polar surface area (TPSA) is 80.1 Å². The summed E-state index contributed by atoms with van der Waals surface area (Å²) in [5.74, 6) is -0.325. The number of aromatic amines is 1. The van der Waals surface area contributed by atoms with E-state index in [4.69, 9.17) is 10.5 Å². The van der Waals surface area contributed by atoms with Gasteiger partial charge in [0.25, 0.3) is 0 Å². The molecule has 0 saturated heterocycles. The SMILES string of the molecule is COC(=O)C1=C(N)CCNC1CCc1c[nH]c2ccccc12. The van der Waals surface area contributed by atoms with Crippen LogP contribution in [0, 0.1) is 0 Å². The number of esters is 1. The van der Waals surface area contributed by atoms with Crippen LogP contribution in [0.25, 0.3) is 10.9 Å². The van der Waals surface area contributed by atoms with E-state index in [1.54, 1.807) is 0 Å². The summed E-state index contributed by atoms with van der Waals surface area (Å²) < 4.78 is 4.87. The van der Waals surface area contributed by atoms with Gasteiger partial charge in [-0.2, -0.15) is 0 Å². The molecule has 5 heteroatoms. The highest BCUT2D eigenvalue weighted by molar-refractivity contribution is 5.90. The molecule has 2 aromatic rings. The van der Waals surface area contributed by atoms with E-state index < -0.39 is 0 Å². The lowest BCUT2D eigenvalue weighted by Gasteiger charge is -2.26. The molecule has 0 bridgehead atoms. The minimum Gasteiger partial charge on any atom is -0.466 e. The lowest BCUT2D eigenvalue weighted by molar-refractivity contribution is -0.136. The fraction of sp³-hybridized carbons (Fsp3) is 0.353. The van der Waals surface area contributed by atoms with Crippen LogP contribution >= 0.6 is 0 Å². The Bertz CT molecular complexity index is 718. The monoisotopic (exact) mass is 299 g/mol. The molecule has 0 amide bonds. The predicted octanol–water partition coefficient (Wildman–Crippen LogP) is 1.85. The molecule has 5 nitrogen and oxygen atoms in total. The van der Waals surface area contributed by atoms with E-state index in [-0.39, 0.29) is 12.0 Å². The third kappa shape index (κ3) is 2.72. The number of aryl methyl sites for hydroxylation is 1. The molecule has 1 unspecified atom stereocenters. The van der Waals surface area contributed by atoms with Crippen molar-refractivity contribution >= 4 is 16.9 Å². The molecule has 1 aromatic carbocycles. The van der Waals surface area contributed by atoms with Gasteiger partial charge in [0.05, 0.1) is 12.7 Å². The van der Waals surface area contributed by atoms with Crippen LogP contribution in [-0.2, 0) is 16.0 Å². The van der Waals surface area contributed by atoms with Gasteiger partial charge in [-0.25, -0.2) is 4.79 Å². The maximum atomic E-state index is 12.0. The molecule has 2 heterocycles. The van der Waals surface area contributed by atoms with Crippen molar-refractivity contribution in [1.82, 2.24) is 10.3 Å². The van der Waals surface area contributed by atoms with E-state index in [9.17, 15) is 4.79 Å². The summed E-state index contributed by atoms with van der Waals surface area (Å²) in [6.07, 6.45) is 4.41. The fourth-order valence-corrected chi connectivity index (χ4v) is 3.11. The van der Waals surface area contributed by atoms with Gasteiger partial charge in [0.15, 0.2) is 0 Å². The van der Waals surface area contributed by atoms with Crippen LogP contribution in [-0.4, -0.2) is 30.6 Å². The first-order valence-electron chi connectivity index (χ1n) is 7.56. The number of carbonyl (C=O) groups excluding carboxylic acids is 1. The minimum atomic E-state index is -0.325. The predicted molar refractivity (Wildman–Crippen MR) is 86.3 cm³/mol. The highest BCUT2D eigenvalue weighted by atomic mass is 16.5. The van der Waals surface area contributed by atoms with Crippen molar-refractivity contribution in [2.75, 3.05) is 13.7 Å². The van der Waals surface area contributed by atoms with Crippen LogP contribution < -0.4 is 11.1 Å². The lowest BCUT2D eigenvalue weighted by Crippen LogP contribution is -2.41. The molecule has 0 saturated carbocycles. The average Bonchev–Trinajstić information content (AvgIpc) is 2.95. The second-order valence-electron chi connectivity index (χ2n) is 5.59. The number of rotatable bonds is 4. The zero-order valence-corrected chi connectivity index (χ0v) is 12.7. The summed E-state index contributed by atoms with van der Waals surface area (Å²) >= 11 is 0. The number of benzene rings is 1. The summed E-state index contributed by atoms with van der Waals surface area (Å²) in [5, 5.41) is 4.61. The molecule has 0 aliphatic carbocycles. The number of nitrogens with two attached hydrogens (primary N) is 1. The number of hydrogen-bond donors (Lipinski definition) is 3. The number of fused-ring (bicyclic) bond motifs is 1. The van der Waals surface area contributed by atoms with Crippen molar-refractivity contribution in [1.29, 1.82) is 0 Å². The standard InChI is InChI=1S/C17H21N3O2/c1-22-17(21)16-13(18)8-9-19-15(16)7-6-11-10-20-14-5-3-2-4-12(11)14/h2-5,10,15,19-20H,6-9,18H2,1H3. The number of carbonyl (C=O) groups is 1. The van der Waals surface area contributed by atoms with Crippen molar-refractivity contribution in [3.8, 4) is 0 Å². The van der Waals surface area contributed by atoms with E-state index >= 15 is 0 Å². The largest absolute Gasteiger partial charge is 0.466 e. The normalized spacial score (nSPS) is 18.7. The van der Waals surface area contributed by atoms with E-state index in [1.165, 1.54) is 18.1 Å². The molecular weight excluding hydrogens is 278 g/mol. The molecule has 1 atom stereocenters. The Morgan fingerprint density at radius 2 is 2.23 bits per heavy atom.